The largest absolute Gasteiger partial charge is 0.477 e. The molecule has 1 aliphatic carbocycles. The van der Waals surface area contributed by atoms with Gasteiger partial charge < -0.3 is 4.74 Å². The van der Waals surface area contributed by atoms with Crippen LogP contribution in [0.1, 0.15) is 37.3 Å². The van der Waals surface area contributed by atoms with Gasteiger partial charge >= 0.3 is 0 Å². The molecular formula is C17H23N5O3S. The molecule has 0 amide bonds. The zero-order valence-electron chi connectivity index (χ0n) is 14.8. The van der Waals surface area contributed by atoms with Crippen LogP contribution in [0.15, 0.2) is 29.7 Å². The van der Waals surface area contributed by atoms with Crippen LogP contribution in [0.4, 0.5) is 0 Å². The van der Waals surface area contributed by atoms with Gasteiger partial charge in [0.05, 0.1) is 18.5 Å². The summed E-state index contributed by atoms with van der Waals surface area (Å²) in [6.45, 7) is 1.56. The molecule has 0 radical (unpaired) electrons. The zero-order valence-corrected chi connectivity index (χ0v) is 15.6. The van der Waals surface area contributed by atoms with Crippen molar-refractivity contribution in [3.63, 3.8) is 0 Å². The summed E-state index contributed by atoms with van der Waals surface area (Å²) in [7, 11) is -1.74. The van der Waals surface area contributed by atoms with Crippen molar-refractivity contribution in [1.82, 2.24) is 24.1 Å². The second-order valence-electron chi connectivity index (χ2n) is 7.06. The summed E-state index contributed by atoms with van der Waals surface area (Å²) in [4.78, 5) is 8.73. The molecule has 26 heavy (non-hydrogen) atoms. The first-order valence-electron chi connectivity index (χ1n) is 8.96. The molecule has 0 N–H and O–H groups in total. The van der Waals surface area contributed by atoms with E-state index in [9.17, 15) is 8.42 Å². The van der Waals surface area contributed by atoms with Gasteiger partial charge in [-0.05, 0) is 31.6 Å². The van der Waals surface area contributed by atoms with Gasteiger partial charge in [0.15, 0.2) is 0 Å². The summed E-state index contributed by atoms with van der Waals surface area (Å²) in [6.07, 6.45) is 8.45. The molecule has 0 unspecified atom stereocenters. The van der Waals surface area contributed by atoms with Crippen LogP contribution in [0.3, 0.4) is 0 Å². The van der Waals surface area contributed by atoms with Crippen LogP contribution in [-0.2, 0) is 17.1 Å². The first kappa shape index (κ1) is 17.4. The Balaban J connectivity index is 1.30. The summed E-state index contributed by atoms with van der Waals surface area (Å²) >= 11 is 0. The molecule has 2 aliphatic rings. The van der Waals surface area contributed by atoms with E-state index in [4.69, 9.17) is 4.74 Å². The molecule has 9 heteroatoms. The molecule has 140 valence electrons. The molecule has 4 rings (SSSR count). The van der Waals surface area contributed by atoms with Crippen molar-refractivity contribution in [2.45, 2.75) is 36.5 Å². The molecule has 3 heterocycles. The number of aryl methyl sites for hydroxylation is 1. The lowest BCUT2D eigenvalue weighted by atomic mass is 9.99. The van der Waals surface area contributed by atoms with Crippen LogP contribution in [0.25, 0.3) is 0 Å². The molecule has 0 aromatic carbocycles. The normalized spacial score (nSPS) is 19.6. The van der Waals surface area contributed by atoms with E-state index in [0.717, 1.165) is 18.5 Å². The minimum absolute atomic E-state index is 0.253. The predicted molar refractivity (Wildman–Crippen MR) is 94.2 cm³/mol. The second kappa shape index (κ2) is 6.96. The summed E-state index contributed by atoms with van der Waals surface area (Å²) in [5.74, 6) is 1.52. The Morgan fingerprint density at radius 3 is 2.62 bits per heavy atom. The Hall–Kier alpha value is -2.00. The third-order valence-corrected chi connectivity index (χ3v) is 6.87. The molecule has 2 fully saturated rings. The maximum Gasteiger partial charge on any atom is 0.246 e. The van der Waals surface area contributed by atoms with Gasteiger partial charge in [0.1, 0.15) is 11.2 Å². The van der Waals surface area contributed by atoms with Gasteiger partial charge in [-0.3, -0.25) is 4.68 Å². The fourth-order valence-corrected chi connectivity index (χ4v) is 4.69. The van der Waals surface area contributed by atoms with Crippen molar-refractivity contribution in [2.75, 3.05) is 19.7 Å². The van der Waals surface area contributed by atoms with Gasteiger partial charge in [0.2, 0.25) is 15.9 Å². The van der Waals surface area contributed by atoms with E-state index in [0.29, 0.717) is 37.4 Å². The van der Waals surface area contributed by atoms with Crippen LogP contribution >= 0.6 is 0 Å². The number of ether oxygens (including phenoxy) is 1. The number of rotatable bonds is 6. The van der Waals surface area contributed by atoms with Crippen molar-refractivity contribution in [3.8, 4) is 5.88 Å². The van der Waals surface area contributed by atoms with E-state index in [1.54, 1.807) is 13.4 Å². The molecule has 1 saturated heterocycles. The lowest BCUT2D eigenvalue weighted by molar-refractivity contribution is 0.180. The molecular weight excluding hydrogens is 354 g/mol. The fraction of sp³-hybridized carbons (Fsp3) is 0.588. The molecule has 1 saturated carbocycles. The highest BCUT2D eigenvalue weighted by Crippen LogP contribution is 2.39. The van der Waals surface area contributed by atoms with E-state index >= 15 is 0 Å². The van der Waals surface area contributed by atoms with Crippen molar-refractivity contribution >= 4 is 10.0 Å². The summed E-state index contributed by atoms with van der Waals surface area (Å²) in [5.41, 5.74) is 1.06. The quantitative estimate of drug-likeness (QED) is 0.759. The van der Waals surface area contributed by atoms with Crippen LogP contribution in [0, 0.1) is 5.92 Å². The highest BCUT2D eigenvalue weighted by molar-refractivity contribution is 7.89. The minimum atomic E-state index is -3.45. The smallest absolute Gasteiger partial charge is 0.246 e. The lowest BCUT2D eigenvalue weighted by Crippen LogP contribution is -2.39. The van der Waals surface area contributed by atoms with E-state index in [1.807, 2.05) is 6.07 Å². The Bertz CT molecular complexity index is 870. The Morgan fingerprint density at radius 1 is 1.19 bits per heavy atom. The van der Waals surface area contributed by atoms with Crippen LogP contribution in [-0.4, -0.2) is 52.2 Å². The molecule has 1 aliphatic heterocycles. The van der Waals surface area contributed by atoms with Gasteiger partial charge in [-0.1, -0.05) is 0 Å². The van der Waals surface area contributed by atoms with E-state index in [1.165, 1.54) is 34.2 Å². The number of piperidine rings is 1. The predicted octanol–water partition coefficient (Wildman–Crippen LogP) is 1.57. The Labute approximate surface area is 153 Å². The number of nitrogens with zero attached hydrogens (tertiary/aromatic N) is 5. The number of hydrogen-bond acceptors (Lipinski definition) is 6. The van der Waals surface area contributed by atoms with Gasteiger partial charge in [-0.25, -0.2) is 18.4 Å². The third kappa shape index (κ3) is 3.73. The first-order chi connectivity index (χ1) is 12.5. The number of aromatic nitrogens is 4. The van der Waals surface area contributed by atoms with Gasteiger partial charge in [-0.2, -0.15) is 9.40 Å². The fourth-order valence-electron chi connectivity index (χ4n) is 3.24. The highest BCUT2D eigenvalue weighted by atomic mass is 32.2. The average molecular weight is 377 g/mol. The number of hydrogen-bond donors (Lipinski definition) is 0. The lowest BCUT2D eigenvalue weighted by Gasteiger charge is -2.30. The molecule has 2 aromatic rings. The Morgan fingerprint density at radius 2 is 1.96 bits per heavy atom. The van der Waals surface area contributed by atoms with Gasteiger partial charge in [0, 0.05) is 38.3 Å². The number of sulfonamides is 1. The van der Waals surface area contributed by atoms with Crippen LogP contribution in [0.2, 0.25) is 0 Å². The van der Waals surface area contributed by atoms with E-state index in [2.05, 4.69) is 15.1 Å². The van der Waals surface area contributed by atoms with E-state index < -0.39 is 10.0 Å². The Kier molecular flexibility index (Phi) is 4.66. The molecule has 8 nitrogen and oxygen atoms in total. The van der Waals surface area contributed by atoms with Crippen molar-refractivity contribution in [3.05, 3.63) is 30.5 Å². The summed E-state index contributed by atoms with van der Waals surface area (Å²) < 4.78 is 34.1. The van der Waals surface area contributed by atoms with Crippen LogP contribution < -0.4 is 4.74 Å². The molecule has 0 atom stereocenters. The highest BCUT2D eigenvalue weighted by Gasteiger charge is 2.30. The maximum atomic E-state index is 12.6. The third-order valence-electron chi connectivity index (χ3n) is 5.02. The standard InChI is InChI=1S/C17H23N5O3S/c1-21-10-15(9-20-21)26(23,24)22-6-4-13(5-7-22)11-25-17-8-16(14-2-3-14)18-12-19-17/h8-10,12-14H,2-7,11H2,1H3. The van der Waals surface area contributed by atoms with E-state index in [-0.39, 0.29) is 4.90 Å². The monoisotopic (exact) mass is 377 g/mol. The SMILES string of the molecule is Cn1cc(S(=O)(=O)N2CCC(COc3cc(C4CC4)ncn3)CC2)cn1. The minimum Gasteiger partial charge on any atom is -0.477 e. The average Bonchev–Trinajstić information content (AvgIpc) is 3.41. The van der Waals surface area contributed by atoms with Crippen molar-refractivity contribution in [2.24, 2.45) is 13.0 Å². The topological polar surface area (TPSA) is 90.2 Å². The summed E-state index contributed by atoms with van der Waals surface area (Å²) in [5, 5.41) is 3.96. The van der Waals surface area contributed by atoms with Crippen molar-refractivity contribution in [1.29, 1.82) is 0 Å². The molecule has 0 bridgehead atoms. The molecule has 0 spiro atoms. The van der Waals surface area contributed by atoms with Crippen molar-refractivity contribution < 1.29 is 13.2 Å². The van der Waals surface area contributed by atoms with Gasteiger partial charge in [0.25, 0.3) is 0 Å². The first-order valence-corrected chi connectivity index (χ1v) is 10.4. The summed E-state index contributed by atoms with van der Waals surface area (Å²) in [6, 6.07) is 1.93. The van der Waals surface area contributed by atoms with Gasteiger partial charge in [-0.15, -0.1) is 0 Å². The zero-order chi connectivity index (χ0) is 18.1. The maximum absolute atomic E-state index is 12.6. The molecule has 2 aromatic heterocycles. The second-order valence-corrected chi connectivity index (χ2v) is 9.00. The van der Waals surface area contributed by atoms with Crippen LogP contribution in [0.5, 0.6) is 5.88 Å².